The van der Waals surface area contributed by atoms with Gasteiger partial charge in [0.1, 0.15) is 0 Å². The van der Waals surface area contributed by atoms with Gasteiger partial charge >= 0.3 is 0 Å². The van der Waals surface area contributed by atoms with Crippen molar-refractivity contribution < 1.29 is 19.4 Å². The summed E-state index contributed by atoms with van der Waals surface area (Å²) < 4.78 is 11.1. The van der Waals surface area contributed by atoms with E-state index in [9.17, 15) is 4.79 Å². The van der Waals surface area contributed by atoms with Crippen LogP contribution in [0.2, 0.25) is 0 Å². The Bertz CT molecular complexity index is 496. The Morgan fingerprint density at radius 1 is 1.58 bits per heavy atom. The van der Waals surface area contributed by atoms with Crippen molar-refractivity contribution in [1.82, 2.24) is 5.32 Å². The average molecular weight is 328 g/mol. The molecule has 0 aromatic heterocycles. The predicted molar refractivity (Wildman–Crippen MR) is 74.0 cm³/mol. The second-order valence-electron chi connectivity index (χ2n) is 3.54. The Morgan fingerprint density at radius 3 is 2.89 bits per heavy atom. The first-order valence-electron chi connectivity index (χ1n) is 5.42. The van der Waals surface area contributed by atoms with E-state index >= 15 is 0 Å². The normalized spacial score (nSPS) is 9.58. The average Bonchev–Trinajstić information content (AvgIpc) is 2.42. The zero-order chi connectivity index (χ0) is 14.3. The number of ether oxygens (including phenoxy) is 2. The molecule has 0 spiro atoms. The number of methoxy groups -OCH3 is 1. The fraction of sp³-hybridized carbons (Fsp3) is 0.308. The first-order valence-corrected chi connectivity index (χ1v) is 6.22. The summed E-state index contributed by atoms with van der Waals surface area (Å²) in [5, 5.41) is 11.6. The smallest absolute Gasteiger partial charge is 0.258 e. The Kier molecular flexibility index (Phi) is 6.19. The molecular weight excluding hydrogens is 314 g/mol. The molecule has 0 saturated heterocycles. The quantitative estimate of drug-likeness (QED) is 0.767. The molecule has 1 aromatic rings. The molecule has 0 unspecified atom stereocenters. The summed E-state index contributed by atoms with van der Waals surface area (Å²) in [5.41, 5.74) is 0.674. The van der Waals surface area contributed by atoms with Gasteiger partial charge in [0.15, 0.2) is 18.1 Å². The number of carbonyl (C=O) groups is 1. The van der Waals surface area contributed by atoms with E-state index in [1.165, 1.54) is 7.11 Å². The molecule has 1 aromatic carbocycles. The molecule has 102 valence electrons. The maximum Gasteiger partial charge on any atom is 0.258 e. The van der Waals surface area contributed by atoms with Crippen molar-refractivity contribution in [2.75, 3.05) is 20.3 Å². The number of benzene rings is 1. The van der Waals surface area contributed by atoms with Gasteiger partial charge in [0.05, 0.1) is 24.7 Å². The summed E-state index contributed by atoms with van der Waals surface area (Å²) in [6.07, 6.45) is 5.03. The molecule has 5 nitrogen and oxygen atoms in total. The lowest BCUT2D eigenvalue weighted by Gasteiger charge is -2.13. The summed E-state index contributed by atoms with van der Waals surface area (Å²) in [5.74, 6) is 2.81. The van der Waals surface area contributed by atoms with Gasteiger partial charge in [-0.05, 0) is 33.6 Å². The lowest BCUT2D eigenvalue weighted by Crippen LogP contribution is -2.29. The van der Waals surface area contributed by atoms with E-state index in [0.29, 0.717) is 21.5 Å². The van der Waals surface area contributed by atoms with Gasteiger partial charge in [-0.3, -0.25) is 4.79 Å². The standard InChI is InChI=1S/C13H14BrNO4/c1-3-4-15-12(17)8-19-13-10(14)5-9(7-16)6-11(13)18-2/h1,5-6,16H,4,7-8H2,2H3,(H,15,17). The third-order valence-corrected chi connectivity index (χ3v) is 2.80. The van der Waals surface area contributed by atoms with Gasteiger partial charge in [-0.2, -0.15) is 0 Å². The fourth-order valence-electron chi connectivity index (χ4n) is 1.34. The van der Waals surface area contributed by atoms with Crippen LogP contribution in [0, 0.1) is 12.3 Å². The van der Waals surface area contributed by atoms with Crippen molar-refractivity contribution in [2.45, 2.75) is 6.61 Å². The van der Waals surface area contributed by atoms with Crippen LogP contribution in [0.4, 0.5) is 0 Å². The van der Waals surface area contributed by atoms with Crippen LogP contribution in [0.15, 0.2) is 16.6 Å². The van der Waals surface area contributed by atoms with E-state index in [1.54, 1.807) is 12.1 Å². The minimum absolute atomic E-state index is 0.113. The number of nitrogens with one attached hydrogen (secondary N) is 1. The van der Waals surface area contributed by atoms with E-state index in [1.807, 2.05) is 0 Å². The maximum atomic E-state index is 11.4. The number of amides is 1. The molecular formula is C13H14BrNO4. The molecule has 0 aliphatic rings. The third kappa shape index (κ3) is 4.47. The molecule has 0 aliphatic heterocycles. The van der Waals surface area contributed by atoms with Crippen LogP contribution in [-0.4, -0.2) is 31.3 Å². The van der Waals surface area contributed by atoms with Gasteiger partial charge in [0.25, 0.3) is 5.91 Å². The van der Waals surface area contributed by atoms with Crippen molar-refractivity contribution in [3.8, 4) is 23.8 Å². The van der Waals surface area contributed by atoms with Crippen LogP contribution in [-0.2, 0) is 11.4 Å². The van der Waals surface area contributed by atoms with Gasteiger partial charge < -0.3 is 19.9 Å². The van der Waals surface area contributed by atoms with Crippen LogP contribution >= 0.6 is 15.9 Å². The Labute approximate surface area is 120 Å². The molecule has 2 N–H and O–H groups in total. The van der Waals surface area contributed by atoms with Crippen molar-refractivity contribution >= 4 is 21.8 Å². The Morgan fingerprint density at radius 2 is 2.32 bits per heavy atom. The van der Waals surface area contributed by atoms with Gasteiger partial charge in [-0.25, -0.2) is 0 Å². The number of carbonyl (C=O) groups excluding carboxylic acids is 1. The summed E-state index contributed by atoms with van der Waals surface area (Å²) in [6.45, 7) is -0.128. The number of hydrogen-bond donors (Lipinski definition) is 2. The van der Waals surface area contributed by atoms with Gasteiger partial charge in [0.2, 0.25) is 0 Å². The first kappa shape index (κ1) is 15.3. The largest absolute Gasteiger partial charge is 0.493 e. The topological polar surface area (TPSA) is 67.8 Å². The molecule has 0 radical (unpaired) electrons. The Hall–Kier alpha value is -1.71. The van der Waals surface area contributed by atoms with E-state index in [2.05, 4.69) is 27.2 Å². The molecule has 0 fully saturated rings. The minimum Gasteiger partial charge on any atom is -0.493 e. The maximum absolute atomic E-state index is 11.4. The number of halogens is 1. The van der Waals surface area contributed by atoms with Crippen LogP contribution < -0.4 is 14.8 Å². The highest BCUT2D eigenvalue weighted by atomic mass is 79.9. The second kappa shape index (κ2) is 7.67. The van der Waals surface area contributed by atoms with Crippen molar-refractivity contribution in [3.63, 3.8) is 0 Å². The van der Waals surface area contributed by atoms with E-state index in [0.717, 1.165) is 0 Å². The van der Waals surface area contributed by atoms with Gasteiger partial charge in [-0.15, -0.1) is 6.42 Å². The molecule has 6 heteroatoms. The van der Waals surface area contributed by atoms with Crippen molar-refractivity contribution in [1.29, 1.82) is 0 Å². The van der Waals surface area contributed by atoms with E-state index in [-0.39, 0.29) is 25.7 Å². The highest BCUT2D eigenvalue weighted by Gasteiger charge is 2.13. The van der Waals surface area contributed by atoms with Crippen LogP contribution in [0.25, 0.3) is 0 Å². The number of aliphatic hydroxyl groups is 1. The van der Waals surface area contributed by atoms with Crippen LogP contribution in [0.1, 0.15) is 5.56 Å². The molecule has 0 heterocycles. The van der Waals surface area contributed by atoms with Gasteiger partial charge in [0, 0.05) is 0 Å². The van der Waals surface area contributed by atoms with Crippen LogP contribution in [0.5, 0.6) is 11.5 Å². The number of terminal acetylenes is 1. The summed E-state index contributed by atoms with van der Waals surface area (Å²) in [7, 11) is 1.48. The molecule has 1 amide bonds. The van der Waals surface area contributed by atoms with E-state index in [4.69, 9.17) is 21.0 Å². The van der Waals surface area contributed by atoms with Crippen LogP contribution in [0.3, 0.4) is 0 Å². The molecule has 0 bridgehead atoms. The molecule has 0 aliphatic carbocycles. The minimum atomic E-state index is -0.321. The molecule has 1 rings (SSSR count). The number of rotatable bonds is 6. The lowest BCUT2D eigenvalue weighted by atomic mass is 10.2. The molecule has 19 heavy (non-hydrogen) atoms. The van der Waals surface area contributed by atoms with Gasteiger partial charge in [-0.1, -0.05) is 5.92 Å². The number of aliphatic hydroxyl groups excluding tert-OH is 1. The summed E-state index contributed by atoms with van der Waals surface area (Å²) in [4.78, 5) is 11.4. The van der Waals surface area contributed by atoms with E-state index < -0.39 is 0 Å². The Balaban J connectivity index is 2.78. The predicted octanol–water partition coefficient (Wildman–Crippen LogP) is 1.08. The summed E-state index contributed by atoms with van der Waals surface area (Å²) in [6, 6.07) is 3.33. The SMILES string of the molecule is C#CCNC(=O)COc1c(Br)cc(CO)cc1OC. The zero-order valence-electron chi connectivity index (χ0n) is 10.4. The second-order valence-corrected chi connectivity index (χ2v) is 4.39. The molecule has 0 atom stereocenters. The lowest BCUT2D eigenvalue weighted by molar-refractivity contribution is -0.122. The van der Waals surface area contributed by atoms with Crippen molar-refractivity contribution in [3.05, 3.63) is 22.2 Å². The number of hydrogen-bond acceptors (Lipinski definition) is 4. The highest BCUT2D eigenvalue weighted by molar-refractivity contribution is 9.10. The van der Waals surface area contributed by atoms with Crippen molar-refractivity contribution in [2.24, 2.45) is 0 Å². The molecule has 0 saturated carbocycles. The highest BCUT2D eigenvalue weighted by Crippen LogP contribution is 2.36. The zero-order valence-corrected chi connectivity index (χ0v) is 12.0. The monoisotopic (exact) mass is 327 g/mol. The third-order valence-electron chi connectivity index (χ3n) is 2.21. The summed E-state index contributed by atoms with van der Waals surface area (Å²) >= 11 is 3.30. The fourth-order valence-corrected chi connectivity index (χ4v) is 1.95. The first-order chi connectivity index (χ1) is 9.12.